The van der Waals surface area contributed by atoms with Gasteiger partial charge in [0.25, 0.3) is 0 Å². The highest BCUT2D eigenvalue weighted by atomic mass is 79.9. The molecule has 0 saturated heterocycles. The first-order valence-electron chi connectivity index (χ1n) is 8.87. The molecule has 136 valence electrons. The fraction of sp³-hybridized carbons (Fsp3) is 0.350. The van der Waals surface area contributed by atoms with Crippen molar-refractivity contribution in [1.82, 2.24) is 15.0 Å². The Bertz CT molecular complexity index is 856. The number of nitrogens with two attached hydrogens (primary N) is 1. The smallest absolute Gasteiger partial charge is 0.219 e. The second kappa shape index (κ2) is 7.84. The van der Waals surface area contributed by atoms with E-state index < -0.39 is 0 Å². The van der Waals surface area contributed by atoms with Crippen LogP contribution in [0.5, 0.6) is 0 Å². The van der Waals surface area contributed by atoms with E-state index in [9.17, 15) is 0 Å². The summed E-state index contributed by atoms with van der Waals surface area (Å²) in [5.74, 6) is 0.965. The Labute approximate surface area is 167 Å². The van der Waals surface area contributed by atoms with Crippen molar-refractivity contribution in [1.29, 1.82) is 0 Å². The number of anilines is 1. The highest BCUT2D eigenvalue weighted by Gasteiger charge is 2.46. The largest absolute Gasteiger partial charge is 0.368 e. The molecule has 2 N–H and O–H groups in total. The first-order valence-corrected chi connectivity index (χ1v) is 10.5. The predicted molar refractivity (Wildman–Crippen MR) is 112 cm³/mol. The lowest BCUT2D eigenvalue weighted by molar-refractivity contribution is 0.492. The van der Waals surface area contributed by atoms with E-state index in [2.05, 4.69) is 62.1 Å². The van der Waals surface area contributed by atoms with Crippen molar-refractivity contribution in [2.24, 2.45) is 5.92 Å². The fourth-order valence-corrected chi connectivity index (χ4v) is 4.64. The average Bonchev–Trinajstić information content (AvgIpc) is 3.45. The Morgan fingerprint density at radius 1 is 1.00 bits per heavy atom. The molecule has 2 heterocycles. The van der Waals surface area contributed by atoms with Gasteiger partial charge < -0.3 is 5.73 Å². The summed E-state index contributed by atoms with van der Waals surface area (Å²) >= 11 is 5.28. The van der Waals surface area contributed by atoms with Gasteiger partial charge in [-0.05, 0) is 52.7 Å². The molecule has 1 unspecified atom stereocenters. The van der Waals surface area contributed by atoms with Gasteiger partial charge in [-0.25, -0.2) is 15.0 Å². The predicted octanol–water partition coefficient (Wildman–Crippen LogP) is 5.69. The van der Waals surface area contributed by atoms with Gasteiger partial charge in [-0.2, -0.15) is 0 Å². The lowest BCUT2D eigenvalue weighted by Crippen LogP contribution is -2.26. The topological polar surface area (TPSA) is 64.7 Å². The van der Waals surface area contributed by atoms with Crippen molar-refractivity contribution in [2.45, 2.75) is 39.0 Å². The Morgan fingerprint density at radius 2 is 1.62 bits per heavy atom. The summed E-state index contributed by atoms with van der Waals surface area (Å²) in [6.07, 6.45) is 7.95. The SMILES string of the molecule is CC.CC(c1ccc(-c2cnc(N)nc2)cc1)(c1ncc(Br)s1)C1CC1. The summed E-state index contributed by atoms with van der Waals surface area (Å²) in [5, 5.41) is 1.18. The maximum absolute atomic E-state index is 5.56. The van der Waals surface area contributed by atoms with E-state index in [0.717, 1.165) is 14.9 Å². The first kappa shape index (κ1) is 19.0. The van der Waals surface area contributed by atoms with Gasteiger partial charge in [0.05, 0.1) is 9.98 Å². The van der Waals surface area contributed by atoms with Gasteiger partial charge in [0.2, 0.25) is 5.95 Å². The van der Waals surface area contributed by atoms with Crippen LogP contribution in [-0.2, 0) is 5.41 Å². The zero-order valence-corrected chi connectivity index (χ0v) is 17.6. The van der Waals surface area contributed by atoms with Gasteiger partial charge >= 0.3 is 0 Å². The summed E-state index contributed by atoms with van der Waals surface area (Å²) < 4.78 is 1.08. The Hall–Kier alpha value is -1.79. The van der Waals surface area contributed by atoms with Gasteiger partial charge in [0.1, 0.15) is 5.01 Å². The van der Waals surface area contributed by atoms with Crippen LogP contribution in [-0.4, -0.2) is 15.0 Å². The van der Waals surface area contributed by atoms with Crippen molar-refractivity contribution in [2.75, 3.05) is 5.73 Å². The van der Waals surface area contributed by atoms with Crippen LogP contribution in [0.2, 0.25) is 0 Å². The number of nitrogen functional groups attached to an aromatic ring is 1. The Morgan fingerprint density at radius 3 is 2.12 bits per heavy atom. The highest BCUT2D eigenvalue weighted by molar-refractivity contribution is 9.11. The lowest BCUT2D eigenvalue weighted by atomic mass is 9.78. The number of thiazole rings is 1. The number of halogens is 1. The third kappa shape index (κ3) is 3.67. The van der Waals surface area contributed by atoms with Crippen molar-refractivity contribution < 1.29 is 0 Å². The Kier molecular flexibility index (Phi) is 5.73. The van der Waals surface area contributed by atoms with Crippen LogP contribution < -0.4 is 5.73 Å². The molecule has 0 bridgehead atoms. The minimum Gasteiger partial charge on any atom is -0.368 e. The molecule has 2 aromatic heterocycles. The van der Waals surface area contributed by atoms with E-state index >= 15 is 0 Å². The molecule has 1 fully saturated rings. The average molecular weight is 431 g/mol. The monoisotopic (exact) mass is 430 g/mol. The number of rotatable bonds is 4. The van der Waals surface area contributed by atoms with Crippen LogP contribution in [0.15, 0.2) is 46.6 Å². The summed E-state index contributed by atoms with van der Waals surface area (Å²) in [4.78, 5) is 12.8. The zero-order valence-electron chi connectivity index (χ0n) is 15.2. The molecule has 4 rings (SSSR count). The second-order valence-electron chi connectivity index (χ2n) is 6.35. The van der Waals surface area contributed by atoms with Crippen molar-refractivity contribution >= 4 is 33.2 Å². The summed E-state index contributed by atoms with van der Waals surface area (Å²) in [6, 6.07) is 8.68. The van der Waals surface area contributed by atoms with Crippen LogP contribution in [0.1, 0.15) is 44.2 Å². The molecule has 1 saturated carbocycles. The number of benzene rings is 1. The van der Waals surface area contributed by atoms with Gasteiger partial charge in [0.15, 0.2) is 0 Å². The minimum absolute atomic E-state index is 0.0210. The standard InChI is InChI=1S/C18H17BrN4S.C2H6/c1-18(14-6-7-14,16-21-10-15(19)24-16)13-4-2-11(3-5-13)12-8-22-17(20)23-9-12;1-2/h2-5,8-10,14H,6-7H2,1H3,(H2,20,22,23);1-2H3. The van der Waals surface area contributed by atoms with Gasteiger partial charge in [-0.1, -0.05) is 38.1 Å². The van der Waals surface area contributed by atoms with Crippen LogP contribution in [0, 0.1) is 5.92 Å². The van der Waals surface area contributed by atoms with Crippen molar-refractivity contribution in [3.8, 4) is 11.1 Å². The molecule has 6 heteroatoms. The van der Waals surface area contributed by atoms with Crippen molar-refractivity contribution in [3.63, 3.8) is 0 Å². The van der Waals surface area contributed by atoms with Crippen molar-refractivity contribution in [3.05, 3.63) is 57.2 Å². The molecule has 4 nitrogen and oxygen atoms in total. The van der Waals surface area contributed by atoms with E-state index in [4.69, 9.17) is 5.73 Å². The third-order valence-electron chi connectivity index (χ3n) is 4.81. The molecule has 3 aromatic rings. The minimum atomic E-state index is -0.0210. The van der Waals surface area contributed by atoms with Crippen LogP contribution in [0.25, 0.3) is 11.1 Å². The number of hydrogen-bond acceptors (Lipinski definition) is 5. The number of nitrogens with zero attached hydrogens (tertiary/aromatic N) is 3. The molecular weight excluding hydrogens is 408 g/mol. The maximum atomic E-state index is 5.56. The summed E-state index contributed by atoms with van der Waals surface area (Å²) in [5.41, 5.74) is 8.92. The molecule has 0 aliphatic heterocycles. The van der Waals surface area contributed by atoms with Crippen LogP contribution >= 0.6 is 27.3 Å². The first-order chi connectivity index (χ1) is 12.6. The van der Waals surface area contributed by atoms with E-state index in [1.54, 1.807) is 23.7 Å². The Balaban J connectivity index is 0.000000948. The molecular formula is C20H23BrN4S. The fourth-order valence-electron chi connectivity index (χ4n) is 3.19. The van der Waals surface area contributed by atoms with Crippen LogP contribution in [0.4, 0.5) is 5.95 Å². The maximum Gasteiger partial charge on any atom is 0.219 e. The highest BCUT2D eigenvalue weighted by Crippen LogP contribution is 2.52. The number of aromatic nitrogens is 3. The normalized spacial score (nSPS) is 15.7. The molecule has 0 amide bonds. The van der Waals surface area contributed by atoms with E-state index in [0.29, 0.717) is 11.9 Å². The molecule has 0 radical (unpaired) electrons. The summed E-state index contributed by atoms with van der Waals surface area (Å²) in [6.45, 7) is 6.32. The lowest BCUT2D eigenvalue weighted by Gasteiger charge is -2.28. The molecule has 0 spiro atoms. The quantitative estimate of drug-likeness (QED) is 0.577. The third-order valence-corrected chi connectivity index (χ3v) is 6.52. The molecule has 1 aromatic carbocycles. The van der Waals surface area contributed by atoms with E-state index in [1.807, 2.05) is 20.0 Å². The van der Waals surface area contributed by atoms with Gasteiger partial charge in [-0.15, -0.1) is 11.3 Å². The zero-order chi connectivity index (χ0) is 18.7. The molecule has 1 atom stereocenters. The van der Waals surface area contributed by atoms with Gasteiger partial charge in [-0.3, -0.25) is 0 Å². The molecule has 26 heavy (non-hydrogen) atoms. The second-order valence-corrected chi connectivity index (χ2v) is 8.76. The molecule has 1 aliphatic carbocycles. The van der Waals surface area contributed by atoms with E-state index in [-0.39, 0.29) is 5.41 Å². The summed E-state index contributed by atoms with van der Waals surface area (Å²) in [7, 11) is 0. The molecule has 1 aliphatic rings. The van der Waals surface area contributed by atoms with E-state index in [1.165, 1.54) is 23.4 Å². The van der Waals surface area contributed by atoms with Gasteiger partial charge in [0, 0.05) is 23.4 Å². The van der Waals surface area contributed by atoms with Crippen LogP contribution in [0.3, 0.4) is 0 Å². The number of hydrogen-bond donors (Lipinski definition) is 1.